The first-order chi connectivity index (χ1) is 15.2. The summed E-state index contributed by atoms with van der Waals surface area (Å²) in [6, 6.07) is 11.1. The number of hydrogen-bond donors (Lipinski definition) is 2. The summed E-state index contributed by atoms with van der Waals surface area (Å²) < 4.78 is 38.3. The molecule has 1 aliphatic rings. The van der Waals surface area contributed by atoms with E-state index in [0.29, 0.717) is 23.0 Å². The van der Waals surface area contributed by atoms with E-state index in [1.165, 1.54) is 35.3 Å². The highest BCUT2D eigenvalue weighted by Gasteiger charge is 2.30. The van der Waals surface area contributed by atoms with Crippen molar-refractivity contribution in [1.29, 1.82) is 0 Å². The molecule has 168 valence electrons. The minimum atomic E-state index is -4.38. The SMILES string of the molecule is Cc1cccc(N2CCN(c3ncnc(Nc4ccc(C(F)(F)F)cc4)c3N)CC2)c1C. The summed E-state index contributed by atoms with van der Waals surface area (Å²) in [5, 5.41) is 3.00. The van der Waals surface area contributed by atoms with Gasteiger partial charge in [0.1, 0.15) is 12.0 Å². The molecule has 3 aromatic rings. The van der Waals surface area contributed by atoms with E-state index < -0.39 is 11.7 Å². The molecule has 0 unspecified atom stereocenters. The molecule has 0 aliphatic carbocycles. The number of nitrogens with zero attached hydrogens (tertiary/aromatic N) is 4. The Labute approximate surface area is 184 Å². The maximum absolute atomic E-state index is 12.8. The molecule has 0 saturated carbocycles. The Balaban J connectivity index is 1.47. The van der Waals surface area contributed by atoms with Gasteiger partial charge >= 0.3 is 6.18 Å². The van der Waals surface area contributed by atoms with Crippen molar-refractivity contribution >= 4 is 28.7 Å². The van der Waals surface area contributed by atoms with Gasteiger partial charge in [0.05, 0.1) is 5.56 Å². The van der Waals surface area contributed by atoms with Gasteiger partial charge in [0.2, 0.25) is 0 Å². The van der Waals surface area contributed by atoms with Crippen molar-refractivity contribution in [2.75, 3.05) is 47.0 Å². The number of piperazine rings is 1. The first kappa shape index (κ1) is 21.7. The standard InChI is InChI=1S/C23H25F3N6/c1-15-4-3-5-19(16(15)2)31-10-12-32(13-11-31)22-20(27)21(28-14-29-22)30-18-8-6-17(7-9-18)23(24,25)26/h3-9,14H,10-13,27H2,1-2H3,(H,28,29,30). The van der Waals surface area contributed by atoms with Crippen molar-refractivity contribution in [2.45, 2.75) is 20.0 Å². The number of rotatable bonds is 4. The van der Waals surface area contributed by atoms with Crippen molar-refractivity contribution in [2.24, 2.45) is 0 Å². The second kappa shape index (κ2) is 8.57. The lowest BCUT2D eigenvalue weighted by Gasteiger charge is -2.38. The first-order valence-corrected chi connectivity index (χ1v) is 10.3. The van der Waals surface area contributed by atoms with Gasteiger partial charge in [0.25, 0.3) is 0 Å². The zero-order valence-electron chi connectivity index (χ0n) is 17.9. The summed E-state index contributed by atoms with van der Waals surface area (Å²) in [7, 11) is 0. The highest BCUT2D eigenvalue weighted by atomic mass is 19.4. The average molecular weight is 442 g/mol. The van der Waals surface area contributed by atoms with Crippen molar-refractivity contribution in [3.05, 3.63) is 65.5 Å². The van der Waals surface area contributed by atoms with E-state index in [9.17, 15) is 13.2 Å². The third kappa shape index (κ3) is 4.42. The van der Waals surface area contributed by atoms with Gasteiger partial charge in [-0.15, -0.1) is 0 Å². The Morgan fingerprint density at radius 1 is 0.906 bits per heavy atom. The number of halogens is 3. The number of hydrogen-bond acceptors (Lipinski definition) is 6. The molecule has 3 N–H and O–H groups in total. The van der Waals surface area contributed by atoms with E-state index in [4.69, 9.17) is 5.73 Å². The van der Waals surface area contributed by atoms with Gasteiger partial charge in [-0.05, 0) is 55.3 Å². The number of aromatic nitrogens is 2. The maximum Gasteiger partial charge on any atom is 0.416 e. The van der Waals surface area contributed by atoms with Crippen molar-refractivity contribution in [3.8, 4) is 0 Å². The van der Waals surface area contributed by atoms with E-state index in [2.05, 4.69) is 57.1 Å². The summed E-state index contributed by atoms with van der Waals surface area (Å²) in [5.41, 5.74) is 10.2. The summed E-state index contributed by atoms with van der Waals surface area (Å²) in [4.78, 5) is 13.0. The molecule has 0 amide bonds. The molecule has 1 aromatic heterocycles. The molecular weight excluding hydrogens is 417 g/mol. The van der Waals surface area contributed by atoms with Crippen LogP contribution in [0.2, 0.25) is 0 Å². The van der Waals surface area contributed by atoms with Crippen LogP contribution in [-0.2, 0) is 6.18 Å². The van der Waals surface area contributed by atoms with Crippen molar-refractivity contribution in [3.63, 3.8) is 0 Å². The number of aryl methyl sites for hydroxylation is 1. The molecule has 1 saturated heterocycles. The van der Waals surface area contributed by atoms with Crippen LogP contribution in [-0.4, -0.2) is 36.1 Å². The molecule has 0 spiro atoms. The second-order valence-electron chi connectivity index (χ2n) is 7.85. The first-order valence-electron chi connectivity index (χ1n) is 10.3. The monoisotopic (exact) mass is 442 g/mol. The number of nitrogen functional groups attached to an aromatic ring is 1. The van der Waals surface area contributed by atoms with Gasteiger partial charge in [-0.1, -0.05) is 12.1 Å². The molecule has 32 heavy (non-hydrogen) atoms. The molecule has 1 aliphatic heterocycles. The Morgan fingerprint density at radius 3 is 2.22 bits per heavy atom. The summed E-state index contributed by atoms with van der Waals surface area (Å²) in [6.07, 6.45) is -2.96. The lowest BCUT2D eigenvalue weighted by atomic mass is 10.1. The van der Waals surface area contributed by atoms with Gasteiger partial charge in [-0.25, -0.2) is 9.97 Å². The van der Waals surface area contributed by atoms with Crippen LogP contribution in [0.3, 0.4) is 0 Å². The van der Waals surface area contributed by atoms with E-state index in [1.807, 2.05) is 0 Å². The van der Waals surface area contributed by atoms with E-state index in [-0.39, 0.29) is 0 Å². The Hall–Kier alpha value is -3.49. The van der Waals surface area contributed by atoms with Crippen LogP contribution in [0.5, 0.6) is 0 Å². The molecule has 9 heteroatoms. The summed E-state index contributed by atoms with van der Waals surface area (Å²) in [6.45, 7) is 7.40. The van der Waals surface area contributed by atoms with E-state index in [0.717, 1.165) is 38.3 Å². The largest absolute Gasteiger partial charge is 0.416 e. The number of alkyl halides is 3. The predicted octanol–water partition coefficient (Wildman–Crippen LogP) is 4.76. The van der Waals surface area contributed by atoms with Crippen molar-refractivity contribution < 1.29 is 13.2 Å². The fourth-order valence-corrected chi connectivity index (χ4v) is 3.85. The van der Waals surface area contributed by atoms with Crippen LogP contribution in [0.15, 0.2) is 48.8 Å². The fraction of sp³-hybridized carbons (Fsp3) is 0.304. The van der Waals surface area contributed by atoms with Crippen LogP contribution in [0.4, 0.5) is 41.9 Å². The molecule has 4 rings (SSSR count). The highest BCUT2D eigenvalue weighted by Crippen LogP contribution is 2.33. The Bertz CT molecular complexity index is 1090. The molecule has 2 aromatic carbocycles. The fourth-order valence-electron chi connectivity index (χ4n) is 3.85. The van der Waals surface area contributed by atoms with Crippen molar-refractivity contribution in [1.82, 2.24) is 9.97 Å². The zero-order valence-corrected chi connectivity index (χ0v) is 17.9. The molecule has 1 fully saturated rings. The number of anilines is 5. The molecule has 2 heterocycles. The molecule has 0 radical (unpaired) electrons. The van der Waals surface area contributed by atoms with Crippen LogP contribution in [0, 0.1) is 13.8 Å². The lowest BCUT2D eigenvalue weighted by molar-refractivity contribution is -0.137. The predicted molar refractivity (Wildman–Crippen MR) is 122 cm³/mol. The molecule has 6 nitrogen and oxygen atoms in total. The van der Waals surface area contributed by atoms with E-state index in [1.54, 1.807) is 0 Å². The van der Waals surface area contributed by atoms with Crippen LogP contribution in [0.1, 0.15) is 16.7 Å². The van der Waals surface area contributed by atoms with Gasteiger partial charge in [0, 0.05) is 37.6 Å². The summed E-state index contributed by atoms with van der Waals surface area (Å²) in [5.74, 6) is 0.988. The van der Waals surface area contributed by atoms with Gasteiger partial charge in [0.15, 0.2) is 11.6 Å². The summed E-state index contributed by atoms with van der Waals surface area (Å²) >= 11 is 0. The quantitative estimate of drug-likeness (QED) is 0.607. The second-order valence-corrected chi connectivity index (χ2v) is 7.85. The van der Waals surface area contributed by atoms with Crippen LogP contribution >= 0.6 is 0 Å². The zero-order chi connectivity index (χ0) is 22.9. The lowest BCUT2D eigenvalue weighted by Crippen LogP contribution is -2.47. The van der Waals surface area contributed by atoms with E-state index >= 15 is 0 Å². The third-order valence-electron chi connectivity index (χ3n) is 5.83. The molecule has 0 bridgehead atoms. The number of nitrogens with two attached hydrogens (primary N) is 1. The smallest absolute Gasteiger partial charge is 0.393 e. The molecule has 0 atom stereocenters. The minimum absolute atomic E-state index is 0.367. The number of benzene rings is 2. The van der Waals surface area contributed by atoms with Crippen LogP contribution < -0.4 is 20.9 Å². The Morgan fingerprint density at radius 2 is 1.56 bits per heavy atom. The van der Waals surface area contributed by atoms with Gasteiger partial charge in [-0.2, -0.15) is 13.2 Å². The minimum Gasteiger partial charge on any atom is -0.393 e. The van der Waals surface area contributed by atoms with Crippen LogP contribution in [0.25, 0.3) is 0 Å². The maximum atomic E-state index is 12.8. The number of nitrogens with one attached hydrogen (secondary N) is 1. The topological polar surface area (TPSA) is 70.3 Å². The normalized spacial score (nSPS) is 14.5. The van der Waals surface area contributed by atoms with Gasteiger partial charge in [-0.3, -0.25) is 0 Å². The third-order valence-corrected chi connectivity index (χ3v) is 5.83. The molecular formula is C23H25F3N6. The van der Waals surface area contributed by atoms with Gasteiger partial charge < -0.3 is 20.9 Å². The Kier molecular flexibility index (Phi) is 5.82. The highest BCUT2D eigenvalue weighted by molar-refractivity contribution is 5.78. The average Bonchev–Trinajstić information content (AvgIpc) is 2.77.